The zero-order chi connectivity index (χ0) is 17.1. The summed E-state index contributed by atoms with van der Waals surface area (Å²) in [5, 5.41) is 10.5. The van der Waals surface area contributed by atoms with Crippen molar-refractivity contribution in [2.45, 2.75) is 26.5 Å². The molecule has 1 N–H and O–H groups in total. The highest BCUT2D eigenvalue weighted by Crippen LogP contribution is 2.28. The Morgan fingerprint density at radius 3 is 2.54 bits per heavy atom. The molecule has 1 aromatic carbocycles. The van der Waals surface area contributed by atoms with Crippen LogP contribution in [0.25, 0.3) is 10.6 Å². The highest BCUT2D eigenvalue weighted by Gasteiger charge is 2.24. The van der Waals surface area contributed by atoms with Gasteiger partial charge < -0.3 is 10.0 Å². The molecule has 1 aromatic heterocycles. The van der Waals surface area contributed by atoms with E-state index < -0.39 is 6.10 Å². The molecular weight excluding hydrogens is 322 g/mol. The Morgan fingerprint density at radius 2 is 1.92 bits per heavy atom. The predicted octanol–water partition coefficient (Wildman–Crippen LogP) is 2.14. The van der Waals surface area contributed by atoms with Gasteiger partial charge in [-0.3, -0.25) is 9.69 Å². The molecule has 1 aliphatic rings. The van der Waals surface area contributed by atoms with Gasteiger partial charge in [-0.15, -0.1) is 11.3 Å². The van der Waals surface area contributed by atoms with Gasteiger partial charge >= 0.3 is 0 Å². The molecule has 1 unspecified atom stereocenters. The molecule has 0 radical (unpaired) electrons. The number of aryl methyl sites for hydroxylation is 1. The van der Waals surface area contributed by atoms with E-state index in [2.05, 4.69) is 24.0 Å². The zero-order valence-corrected chi connectivity index (χ0v) is 14.9. The molecule has 1 saturated heterocycles. The molecule has 1 fully saturated rings. The molecule has 1 aliphatic heterocycles. The second-order valence-electron chi connectivity index (χ2n) is 6.17. The second-order valence-corrected chi connectivity index (χ2v) is 7.25. The molecule has 0 saturated carbocycles. The smallest absolute Gasteiger partial charge is 0.251 e. The molecule has 2 aromatic rings. The lowest BCUT2D eigenvalue weighted by Gasteiger charge is -2.35. The van der Waals surface area contributed by atoms with Gasteiger partial charge in [-0.2, -0.15) is 0 Å². The maximum absolute atomic E-state index is 11.8. The number of rotatable bonds is 4. The van der Waals surface area contributed by atoms with Crippen LogP contribution in [-0.4, -0.2) is 58.1 Å². The van der Waals surface area contributed by atoms with Crippen LogP contribution in [0.3, 0.4) is 0 Å². The van der Waals surface area contributed by atoms with E-state index in [-0.39, 0.29) is 5.91 Å². The van der Waals surface area contributed by atoms with Crippen LogP contribution in [0.15, 0.2) is 30.3 Å². The number of amides is 1. The van der Waals surface area contributed by atoms with Crippen LogP contribution in [0.1, 0.15) is 17.5 Å². The van der Waals surface area contributed by atoms with E-state index >= 15 is 0 Å². The van der Waals surface area contributed by atoms with Gasteiger partial charge in [0.05, 0.1) is 5.69 Å². The van der Waals surface area contributed by atoms with E-state index in [1.54, 1.807) is 16.2 Å². The molecule has 1 amide bonds. The molecule has 1 atom stereocenters. The zero-order valence-electron chi connectivity index (χ0n) is 14.1. The van der Waals surface area contributed by atoms with E-state index in [0.717, 1.165) is 35.9 Å². The minimum absolute atomic E-state index is 0.171. The number of nitrogens with zero attached hydrogens (tertiary/aromatic N) is 3. The summed E-state index contributed by atoms with van der Waals surface area (Å²) in [4.78, 5) is 21.9. The van der Waals surface area contributed by atoms with Crippen LogP contribution in [-0.2, 0) is 11.3 Å². The number of hydrogen-bond donors (Lipinski definition) is 1. The SMILES string of the molecule is Cc1nc(-c2ccccc2)sc1CN1CCN(C(=O)C(C)O)CC1. The highest BCUT2D eigenvalue weighted by molar-refractivity contribution is 7.15. The van der Waals surface area contributed by atoms with Crippen molar-refractivity contribution < 1.29 is 9.90 Å². The Morgan fingerprint density at radius 1 is 1.25 bits per heavy atom. The predicted molar refractivity (Wildman–Crippen MR) is 95.8 cm³/mol. The number of thiazole rings is 1. The van der Waals surface area contributed by atoms with Crippen molar-refractivity contribution in [2.75, 3.05) is 26.2 Å². The lowest BCUT2D eigenvalue weighted by atomic mass is 10.2. The maximum atomic E-state index is 11.8. The molecule has 3 rings (SSSR count). The highest BCUT2D eigenvalue weighted by atomic mass is 32.1. The van der Waals surface area contributed by atoms with Gasteiger partial charge in [0.1, 0.15) is 11.1 Å². The summed E-state index contributed by atoms with van der Waals surface area (Å²) in [7, 11) is 0. The fraction of sp³-hybridized carbons (Fsp3) is 0.444. The normalized spacial score (nSPS) is 17.0. The van der Waals surface area contributed by atoms with E-state index in [1.165, 1.54) is 11.8 Å². The number of aliphatic hydroxyl groups excluding tert-OH is 1. The quantitative estimate of drug-likeness (QED) is 0.922. The number of piperazine rings is 1. The van der Waals surface area contributed by atoms with Crippen LogP contribution in [0, 0.1) is 6.92 Å². The first kappa shape index (κ1) is 17.1. The first-order chi connectivity index (χ1) is 11.5. The summed E-state index contributed by atoms with van der Waals surface area (Å²) in [5.74, 6) is -0.171. The van der Waals surface area contributed by atoms with Crippen molar-refractivity contribution in [1.29, 1.82) is 0 Å². The number of aliphatic hydroxyl groups is 1. The summed E-state index contributed by atoms with van der Waals surface area (Å²) in [6, 6.07) is 10.2. The van der Waals surface area contributed by atoms with Gasteiger partial charge in [0, 0.05) is 43.2 Å². The average Bonchev–Trinajstić information content (AvgIpc) is 2.96. The lowest BCUT2D eigenvalue weighted by molar-refractivity contribution is -0.141. The van der Waals surface area contributed by atoms with Gasteiger partial charge in [0.25, 0.3) is 5.91 Å². The van der Waals surface area contributed by atoms with Crippen LogP contribution < -0.4 is 0 Å². The summed E-state index contributed by atoms with van der Waals surface area (Å²) < 4.78 is 0. The Kier molecular flexibility index (Phi) is 5.28. The summed E-state index contributed by atoms with van der Waals surface area (Å²) in [5.41, 5.74) is 2.24. The molecule has 0 spiro atoms. The summed E-state index contributed by atoms with van der Waals surface area (Å²) >= 11 is 1.74. The Balaban J connectivity index is 1.62. The monoisotopic (exact) mass is 345 g/mol. The fourth-order valence-electron chi connectivity index (χ4n) is 2.87. The van der Waals surface area contributed by atoms with Gasteiger partial charge in [0.15, 0.2) is 0 Å². The molecular formula is C18H23N3O2S. The minimum atomic E-state index is -0.909. The largest absolute Gasteiger partial charge is 0.384 e. The molecule has 6 heteroatoms. The average molecular weight is 345 g/mol. The number of carbonyl (C=O) groups is 1. The number of aromatic nitrogens is 1. The lowest BCUT2D eigenvalue weighted by Crippen LogP contribution is -2.50. The standard InChI is InChI=1S/C18H23N3O2S/c1-13-16(24-17(19-13)15-6-4-3-5-7-15)12-20-8-10-21(11-9-20)18(23)14(2)22/h3-7,14,22H,8-12H2,1-2H3. The van der Waals surface area contributed by atoms with Gasteiger partial charge in [-0.25, -0.2) is 4.98 Å². The summed E-state index contributed by atoms with van der Waals surface area (Å²) in [6.45, 7) is 7.46. The van der Waals surface area contributed by atoms with E-state index in [4.69, 9.17) is 4.98 Å². The van der Waals surface area contributed by atoms with E-state index in [1.807, 2.05) is 18.2 Å². The van der Waals surface area contributed by atoms with Gasteiger partial charge in [0.2, 0.25) is 0 Å². The topological polar surface area (TPSA) is 56.7 Å². The molecule has 128 valence electrons. The second kappa shape index (κ2) is 7.42. The Hall–Kier alpha value is -1.76. The third-order valence-electron chi connectivity index (χ3n) is 4.32. The molecule has 0 bridgehead atoms. The summed E-state index contributed by atoms with van der Waals surface area (Å²) in [6.07, 6.45) is -0.909. The Labute approximate surface area is 146 Å². The van der Waals surface area contributed by atoms with E-state index in [9.17, 15) is 9.90 Å². The van der Waals surface area contributed by atoms with Gasteiger partial charge in [-0.1, -0.05) is 30.3 Å². The first-order valence-corrected chi connectivity index (χ1v) is 9.07. The molecule has 5 nitrogen and oxygen atoms in total. The van der Waals surface area contributed by atoms with Crippen molar-refractivity contribution >= 4 is 17.2 Å². The van der Waals surface area contributed by atoms with E-state index in [0.29, 0.717) is 13.1 Å². The van der Waals surface area contributed by atoms with Crippen molar-refractivity contribution in [3.8, 4) is 10.6 Å². The molecule has 0 aliphatic carbocycles. The maximum Gasteiger partial charge on any atom is 0.251 e. The number of carbonyl (C=O) groups excluding carboxylic acids is 1. The van der Waals surface area contributed by atoms with Crippen LogP contribution in [0.5, 0.6) is 0 Å². The first-order valence-electron chi connectivity index (χ1n) is 8.25. The number of hydrogen-bond acceptors (Lipinski definition) is 5. The van der Waals surface area contributed by atoms with Crippen LogP contribution >= 0.6 is 11.3 Å². The van der Waals surface area contributed by atoms with Crippen molar-refractivity contribution in [3.05, 3.63) is 40.9 Å². The van der Waals surface area contributed by atoms with Gasteiger partial charge in [-0.05, 0) is 13.8 Å². The van der Waals surface area contributed by atoms with Crippen LogP contribution in [0.4, 0.5) is 0 Å². The molecule has 24 heavy (non-hydrogen) atoms. The van der Waals surface area contributed by atoms with Crippen LogP contribution in [0.2, 0.25) is 0 Å². The third-order valence-corrected chi connectivity index (χ3v) is 5.51. The van der Waals surface area contributed by atoms with Crippen molar-refractivity contribution in [2.24, 2.45) is 0 Å². The fourth-order valence-corrected chi connectivity index (χ4v) is 3.98. The van der Waals surface area contributed by atoms with Crippen molar-refractivity contribution in [3.63, 3.8) is 0 Å². The van der Waals surface area contributed by atoms with Crippen molar-refractivity contribution in [1.82, 2.24) is 14.8 Å². The number of benzene rings is 1. The Bertz CT molecular complexity index is 692. The minimum Gasteiger partial charge on any atom is -0.384 e. The molecule has 2 heterocycles. The third kappa shape index (κ3) is 3.83.